The van der Waals surface area contributed by atoms with Crippen LogP contribution in [0.25, 0.3) is 16.9 Å². The molecule has 2 aromatic carbocycles. The number of halogens is 3. The van der Waals surface area contributed by atoms with Crippen LogP contribution < -0.4 is 16.4 Å². The zero-order valence-electron chi connectivity index (χ0n) is 20.7. The lowest BCUT2D eigenvalue weighted by Crippen LogP contribution is -2.62. The maximum absolute atomic E-state index is 13.5. The highest BCUT2D eigenvalue weighted by Gasteiger charge is 2.42. The van der Waals surface area contributed by atoms with Gasteiger partial charge in [0, 0.05) is 18.4 Å². The first-order valence-corrected chi connectivity index (χ1v) is 13.7. The number of rotatable bonds is 6. The molecular formula is C25H25F3N8O2S. The van der Waals surface area contributed by atoms with Crippen molar-refractivity contribution in [2.45, 2.75) is 30.1 Å². The second-order valence-electron chi connectivity index (χ2n) is 9.18. The normalized spacial score (nSPS) is 18.3. The predicted octanol–water partition coefficient (Wildman–Crippen LogP) is 2.82. The number of fused-ring (bicyclic) bond motifs is 1. The lowest BCUT2D eigenvalue weighted by atomic mass is 10.1. The van der Waals surface area contributed by atoms with E-state index in [-0.39, 0.29) is 17.1 Å². The van der Waals surface area contributed by atoms with Gasteiger partial charge in [-0.1, -0.05) is 24.3 Å². The molecule has 0 spiro atoms. The summed E-state index contributed by atoms with van der Waals surface area (Å²) in [5.74, 6) is 0. The van der Waals surface area contributed by atoms with E-state index >= 15 is 0 Å². The van der Waals surface area contributed by atoms with Crippen LogP contribution in [0.1, 0.15) is 17.4 Å². The van der Waals surface area contributed by atoms with Crippen LogP contribution in [0.2, 0.25) is 0 Å². The lowest BCUT2D eigenvalue weighted by Gasteiger charge is -2.46. The van der Waals surface area contributed by atoms with Gasteiger partial charge in [-0.25, -0.2) is 28.0 Å². The molecule has 0 saturated heterocycles. The molecule has 2 aromatic heterocycles. The Morgan fingerprint density at radius 1 is 1.03 bits per heavy atom. The smallest absolute Gasteiger partial charge is 0.337 e. The van der Waals surface area contributed by atoms with E-state index in [4.69, 9.17) is 11.5 Å². The van der Waals surface area contributed by atoms with Crippen molar-refractivity contribution >= 4 is 15.5 Å². The minimum Gasteiger partial charge on any atom is -0.337 e. The first kappa shape index (κ1) is 26.7. The summed E-state index contributed by atoms with van der Waals surface area (Å²) in [6, 6.07) is 16.8. The molecule has 4 N–H and O–H groups in total. The van der Waals surface area contributed by atoms with E-state index in [0.717, 1.165) is 22.4 Å². The van der Waals surface area contributed by atoms with Crippen LogP contribution in [0.3, 0.4) is 0 Å². The van der Waals surface area contributed by atoms with Gasteiger partial charge in [-0.15, -0.1) is 0 Å². The number of aromatic nitrogens is 4. The summed E-state index contributed by atoms with van der Waals surface area (Å²) in [6.07, 6.45) is -2.94. The van der Waals surface area contributed by atoms with Gasteiger partial charge >= 0.3 is 6.18 Å². The van der Waals surface area contributed by atoms with Gasteiger partial charge < -0.3 is 10.6 Å². The molecule has 10 nitrogen and oxygen atoms in total. The third-order valence-corrected chi connectivity index (χ3v) is 7.51. The fourth-order valence-electron chi connectivity index (χ4n) is 4.49. The molecule has 0 bridgehead atoms. The standard InChI is InChI=1S/C25H25F3N8O2S/c1-39(37,38)19-4-2-3-17(11-19)20-9-10-21-22(33-20)23(29)35(13-25(26,27)28)24(30)34(21)12-16-5-7-18(8-6-16)36-15-31-14-32-36/h2-11,14-15,23-24H,12-13,29-30H2,1H3. The first-order chi connectivity index (χ1) is 18.4. The molecule has 0 saturated carbocycles. The van der Waals surface area contributed by atoms with Gasteiger partial charge in [-0.3, -0.25) is 5.73 Å². The molecule has 0 amide bonds. The number of pyridine rings is 1. The second-order valence-corrected chi connectivity index (χ2v) is 11.2. The van der Waals surface area contributed by atoms with Crippen LogP contribution in [-0.2, 0) is 16.4 Å². The SMILES string of the molecule is CS(=O)(=O)c1cccc(-c2ccc3c(n2)C(N)N(CC(F)(F)F)C(N)N3Cc2ccc(-n3cncn3)cc2)c1. The van der Waals surface area contributed by atoms with Gasteiger partial charge in [0.25, 0.3) is 0 Å². The topological polar surface area (TPSA) is 136 Å². The fraction of sp³-hybridized carbons (Fsp3) is 0.240. The molecule has 1 aliphatic heterocycles. The average Bonchev–Trinajstić information content (AvgIpc) is 3.43. The van der Waals surface area contributed by atoms with E-state index in [1.54, 1.807) is 40.2 Å². The highest BCUT2D eigenvalue weighted by molar-refractivity contribution is 7.90. The summed E-state index contributed by atoms with van der Waals surface area (Å²) in [5, 5.41) is 4.08. The lowest BCUT2D eigenvalue weighted by molar-refractivity contribution is -0.158. The van der Waals surface area contributed by atoms with Crippen molar-refractivity contribution < 1.29 is 21.6 Å². The molecule has 2 atom stereocenters. The van der Waals surface area contributed by atoms with E-state index in [9.17, 15) is 21.6 Å². The van der Waals surface area contributed by atoms with E-state index in [0.29, 0.717) is 16.9 Å². The zero-order valence-corrected chi connectivity index (χ0v) is 21.5. The van der Waals surface area contributed by atoms with Gasteiger partial charge in [0.1, 0.15) is 25.1 Å². The molecule has 0 radical (unpaired) electrons. The summed E-state index contributed by atoms with van der Waals surface area (Å²) in [6.45, 7) is -1.16. The molecule has 2 unspecified atom stereocenters. The van der Waals surface area contributed by atoms with Gasteiger partial charge in [-0.2, -0.15) is 18.3 Å². The number of alkyl halides is 3. The van der Waals surface area contributed by atoms with Gasteiger partial charge in [0.2, 0.25) is 0 Å². The number of benzene rings is 2. The maximum Gasteiger partial charge on any atom is 0.401 e. The fourth-order valence-corrected chi connectivity index (χ4v) is 5.15. The van der Waals surface area contributed by atoms with Crippen molar-refractivity contribution in [3.8, 4) is 16.9 Å². The summed E-state index contributed by atoms with van der Waals surface area (Å²) >= 11 is 0. The number of hydrogen-bond acceptors (Lipinski definition) is 9. The molecule has 3 heterocycles. The van der Waals surface area contributed by atoms with Crippen molar-refractivity contribution in [3.63, 3.8) is 0 Å². The molecule has 4 aromatic rings. The number of anilines is 1. The van der Waals surface area contributed by atoms with Crippen LogP contribution in [0.4, 0.5) is 18.9 Å². The highest BCUT2D eigenvalue weighted by atomic mass is 32.2. The van der Waals surface area contributed by atoms with E-state index in [1.807, 2.05) is 24.3 Å². The molecule has 39 heavy (non-hydrogen) atoms. The Hall–Kier alpha value is -3.85. The predicted molar refractivity (Wildman–Crippen MR) is 138 cm³/mol. The van der Waals surface area contributed by atoms with Crippen molar-refractivity contribution in [2.75, 3.05) is 17.7 Å². The monoisotopic (exact) mass is 558 g/mol. The largest absolute Gasteiger partial charge is 0.401 e. The summed E-state index contributed by atoms with van der Waals surface area (Å²) < 4.78 is 66.3. The van der Waals surface area contributed by atoms with Crippen LogP contribution >= 0.6 is 0 Å². The quantitative estimate of drug-likeness (QED) is 0.366. The second kappa shape index (κ2) is 10.0. The Morgan fingerprint density at radius 3 is 2.41 bits per heavy atom. The number of sulfone groups is 1. The Morgan fingerprint density at radius 2 is 1.77 bits per heavy atom. The van der Waals surface area contributed by atoms with E-state index < -0.39 is 35.0 Å². The van der Waals surface area contributed by atoms with Crippen molar-refractivity contribution in [3.05, 3.63) is 84.6 Å². The maximum atomic E-state index is 13.5. The minimum absolute atomic E-state index is 0.0977. The molecule has 1 aliphatic rings. The zero-order chi connectivity index (χ0) is 27.9. The van der Waals surface area contributed by atoms with Crippen molar-refractivity contribution in [2.24, 2.45) is 11.5 Å². The molecule has 5 rings (SSSR count). The van der Waals surface area contributed by atoms with Crippen LogP contribution in [0.5, 0.6) is 0 Å². The van der Waals surface area contributed by atoms with Crippen LogP contribution in [0.15, 0.2) is 78.2 Å². The third kappa shape index (κ3) is 5.63. The molecule has 14 heteroatoms. The molecule has 204 valence electrons. The van der Waals surface area contributed by atoms with E-state index in [1.165, 1.54) is 18.5 Å². The highest BCUT2D eigenvalue weighted by Crippen LogP contribution is 2.38. The summed E-state index contributed by atoms with van der Waals surface area (Å²) in [7, 11) is -3.48. The number of hydrogen-bond donors (Lipinski definition) is 2. The van der Waals surface area contributed by atoms with Gasteiger partial charge in [-0.05, 0) is 42.0 Å². The number of nitrogens with two attached hydrogens (primary N) is 2. The van der Waals surface area contributed by atoms with Gasteiger partial charge in [0.05, 0.1) is 34.2 Å². The molecule has 0 fully saturated rings. The Balaban J connectivity index is 1.53. The molecular weight excluding hydrogens is 533 g/mol. The summed E-state index contributed by atoms with van der Waals surface area (Å²) in [4.78, 5) is 11.2. The van der Waals surface area contributed by atoms with Crippen LogP contribution in [0, 0.1) is 0 Å². The minimum atomic E-state index is -4.56. The molecule has 0 aliphatic carbocycles. The third-order valence-electron chi connectivity index (χ3n) is 6.40. The Bertz CT molecular complexity index is 1580. The Labute approximate surface area is 222 Å². The first-order valence-electron chi connectivity index (χ1n) is 11.8. The van der Waals surface area contributed by atoms with E-state index in [2.05, 4.69) is 15.1 Å². The van der Waals surface area contributed by atoms with Crippen molar-refractivity contribution in [1.29, 1.82) is 0 Å². The van der Waals surface area contributed by atoms with Crippen LogP contribution in [-0.4, -0.2) is 58.3 Å². The Kier molecular flexibility index (Phi) is 6.88. The van der Waals surface area contributed by atoms with Crippen molar-refractivity contribution in [1.82, 2.24) is 24.6 Å². The number of nitrogens with zero attached hydrogens (tertiary/aromatic N) is 6. The van der Waals surface area contributed by atoms with Gasteiger partial charge in [0.15, 0.2) is 9.84 Å². The average molecular weight is 559 g/mol. The summed E-state index contributed by atoms with van der Waals surface area (Å²) in [5.41, 5.74) is 15.8.